The highest BCUT2D eigenvalue weighted by atomic mass is 16.2. The molecule has 4 fully saturated rings. The third-order valence-corrected chi connectivity index (χ3v) is 6.61. The fourth-order valence-electron chi connectivity index (χ4n) is 5.87. The number of benzene rings is 1. The van der Waals surface area contributed by atoms with E-state index in [0.717, 1.165) is 49.9 Å². The molecule has 1 aromatic rings. The summed E-state index contributed by atoms with van der Waals surface area (Å²) in [6.07, 6.45) is 9.76. The van der Waals surface area contributed by atoms with Crippen molar-refractivity contribution in [3.63, 3.8) is 0 Å². The minimum absolute atomic E-state index is 0.00421. The third-order valence-electron chi connectivity index (χ3n) is 6.61. The molecule has 1 atom stereocenters. The SMILES string of the molecule is CC(CCc1ccccc1)NC(=O)C12CC3CC(CC(C3)C1)C2. The van der Waals surface area contributed by atoms with Crippen molar-refractivity contribution in [1.29, 1.82) is 0 Å². The van der Waals surface area contributed by atoms with E-state index in [1.54, 1.807) is 0 Å². The summed E-state index contributed by atoms with van der Waals surface area (Å²) in [5.74, 6) is 2.89. The van der Waals surface area contributed by atoms with Crippen molar-refractivity contribution in [2.24, 2.45) is 23.2 Å². The predicted molar refractivity (Wildman–Crippen MR) is 93.0 cm³/mol. The zero-order chi connectivity index (χ0) is 15.9. The number of rotatable bonds is 5. The highest BCUT2D eigenvalue weighted by molar-refractivity contribution is 5.83. The van der Waals surface area contributed by atoms with Gasteiger partial charge in [0.25, 0.3) is 0 Å². The van der Waals surface area contributed by atoms with E-state index in [4.69, 9.17) is 0 Å². The minimum atomic E-state index is -0.00421. The van der Waals surface area contributed by atoms with Crippen LogP contribution in [0.25, 0.3) is 0 Å². The van der Waals surface area contributed by atoms with Crippen molar-refractivity contribution >= 4 is 5.91 Å². The van der Waals surface area contributed by atoms with E-state index in [-0.39, 0.29) is 11.5 Å². The van der Waals surface area contributed by atoms with Crippen molar-refractivity contribution in [2.75, 3.05) is 0 Å². The molecular formula is C21H29NO. The number of hydrogen-bond acceptors (Lipinski definition) is 1. The summed E-state index contributed by atoms with van der Waals surface area (Å²) < 4.78 is 0. The van der Waals surface area contributed by atoms with E-state index >= 15 is 0 Å². The average Bonchev–Trinajstić information content (AvgIpc) is 2.52. The van der Waals surface area contributed by atoms with Gasteiger partial charge in [-0.2, -0.15) is 0 Å². The van der Waals surface area contributed by atoms with Gasteiger partial charge in [-0.15, -0.1) is 0 Å². The quantitative estimate of drug-likeness (QED) is 0.861. The number of amides is 1. The molecule has 1 N–H and O–H groups in total. The molecule has 0 aromatic heterocycles. The molecule has 5 rings (SSSR count). The van der Waals surface area contributed by atoms with Gasteiger partial charge in [0.15, 0.2) is 0 Å². The molecule has 4 aliphatic carbocycles. The Labute approximate surface area is 140 Å². The van der Waals surface area contributed by atoms with Gasteiger partial charge in [-0.3, -0.25) is 4.79 Å². The van der Waals surface area contributed by atoms with Crippen LogP contribution in [0.15, 0.2) is 30.3 Å². The molecule has 1 amide bonds. The second-order valence-electron chi connectivity index (χ2n) is 8.60. The lowest BCUT2D eigenvalue weighted by Crippen LogP contribution is -2.54. The van der Waals surface area contributed by atoms with Crippen LogP contribution in [0.5, 0.6) is 0 Å². The Morgan fingerprint density at radius 3 is 2.22 bits per heavy atom. The van der Waals surface area contributed by atoms with Crippen LogP contribution in [-0.2, 0) is 11.2 Å². The molecule has 124 valence electrons. The van der Waals surface area contributed by atoms with Gasteiger partial charge in [0.05, 0.1) is 0 Å². The number of nitrogens with one attached hydrogen (secondary N) is 1. The fraction of sp³-hybridized carbons (Fsp3) is 0.667. The van der Waals surface area contributed by atoms with Crippen molar-refractivity contribution in [2.45, 2.75) is 64.3 Å². The largest absolute Gasteiger partial charge is 0.353 e. The van der Waals surface area contributed by atoms with Gasteiger partial charge in [0.2, 0.25) is 5.91 Å². The Balaban J connectivity index is 1.34. The van der Waals surface area contributed by atoms with Crippen molar-refractivity contribution in [3.8, 4) is 0 Å². The summed E-state index contributed by atoms with van der Waals surface area (Å²) in [4.78, 5) is 13.0. The van der Waals surface area contributed by atoms with Gasteiger partial charge < -0.3 is 5.32 Å². The topological polar surface area (TPSA) is 29.1 Å². The fourth-order valence-corrected chi connectivity index (χ4v) is 5.87. The first-order valence-electron chi connectivity index (χ1n) is 9.48. The van der Waals surface area contributed by atoms with Gasteiger partial charge >= 0.3 is 0 Å². The van der Waals surface area contributed by atoms with Crippen LogP contribution >= 0.6 is 0 Å². The normalized spacial score (nSPS) is 36.0. The van der Waals surface area contributed by atoms with Crippen molar-refractivity contribution in [1.82, 2.24) is 5.32 Å². The Morgan fingerprint density at radius 1 is 1.09 bits per heavy atom. The van der Waals surface area contributed by atoms with Crippen LogP contribution in [0.3, 0.4) is 0 Å². The maximum Gasteiger partial charge on any atom is 0.226 e. The number of aryl methyl sites for hydroxylation is 1. The second-order valence-corrected chi connectivity index (χ2v) is 8.60. The standard InChI is InChI=1S/C21H29NO/c1-15(7-8-16-5-3-2-4-6-16)22-20(23)21-12-17-9-18(13-21)11-19(10-17)14-21/h2-6,15,17-19H,7-14H2,1H3,(H,22,23). The zero-order valence-electron chi connectivity index (χ0n) is 14.3. The van der Waals surface area contributed by atoms with Crippen LogP contribution < -0.4 is 5.32 Å². The minimum Gasteiger partial charge on any atom is -0.353 e. The molecule has 0 spiro atoms. The van der Waals surface area contributed by atoms with E-state index in [1.807, 2.05) is 0 Å². The molecule has 1 unspecified atom stereocenters. The Morgan fingerprint density at radius 2 is 1.65 bits per heavy atom. The number of carbonyl (C=O) groups is 1. The monoisotopic (exact) mass is 311 g/mol. The molecule has 4 bridgehead atoms. The van der Waals surface area contributed by atoms with Crippen LogP contribution in [-0.4, -0.2) is 11.9 Å². The van der Waals surface area contributed by atoms with E-state index < -0.39 is 0 Å². The molecule has 2 nitrogen and oxygen atoms in total. The second kappa shape index (κ2) is 5.96. The molecular weight excluding hydrogens is 282 g/mol. The van der Waals surface area contributed by atoms with E-state index in [0.29, 0.717) is 5.91 Å². The lowest BCUT2D eigenvalue weighted by Gasteiger charge is -2.55. The summed E-state index contributed by atoms with van der Waals surface area (Å²) in [7, 11) is 0. The van der Waals surface area contributed by atoms with Crippen molar-refractivity contribution < 1.29 is 4.79 Å². The van der Waals surface area contributed by atoms with Gasteiger partial charge in [-0.1, -0.05) is 30.3 Å². The molecule has 0 heterocycles. The Kier molecular flexibility index (Phi) is 3.95. The predicted octanol–water partition coefficient (Wildman–Crippen LogP) is 4.34. The average molecular weight is 311 g/mol. The highest BCUT2D eigenvalue weighted by Gasteiger charge is 2.54. The maximum atomic E-state index is 13.0. The molecule has 0 radical (unpaired) electrons. The summed E-state index contributed by atoms with van der Waals surface area (Å²) in [5, 5.41) is 3.37. The number of carbonyl (C=O) groups excluding carboxylic acids is 1. The molecule has 0 aliphatic heterocycles. The molecule has 23 heavy (non-hydrogen) atoms. The van der Waals surface area contributed by atoms with Gasteiger partial charge in [-0.25, -0.2) is 0 Å². The van der Waals surface area contributed by atoms with Gasteiger partial charge in [0.1, 0.15) is 0 Å². The molecule has 0 saturated heterocycles. The molecule has 2 heteroatoms. The molecule has 4 saturated carbocycles. The van der Waals surface area contributed by atoms with E-state index in [2.05, 4.69) is 42.6 Å². The Hall–Kier alpha value is -1.31. The van der Waals surface area contributed by atoms with Crippen LogP contribution in [0.4, 0.5) is 0 Å². The first-order valence-corrected chi connectivity index (χ1v) is 9.48. The summed E-state index contributed by atoms with van der Waals surface area (Å²) in [6, 6.07) is 10.9. The van der Waals surface area contributed by atoms with Crippen LogP contribution in [0, 0.1) is 23.2 Å². The summed E-state index contributed by atoms with van der Waals surface area (Å²) in [5.41, 5.74) is 1.36. The zero-order valence-corrected chi connectivity index (χ0v) is 14.3. The third kappa shape index (κ3) is 3.05. The van der Waals surface area contributed by atoms with Gasteiger partial charge in [0, 0.05) is 11.5 Å². The summed E-state index contributed by atoms with van der Waals surface area (Å²) in [6.45, 7) is 2.17. The van der Waals surface area contributed by atoms with Crippen molar-refractivity contribution in [3.05, 3.63) is 35.9 Å². The molecule has 4 aliphatic rings. The summed E-state index contributed by atoms with van der Waals surface area (Å²) >= 11 is 0. The van der Waals surface area contributed by atoms with Crippen LogP contribution in [0.1, 0.15) is 57.4 Å². The lowest BCUT2D eigenvalue weighted by molar-refractivity contribution is -0.146. The van der Waals surface area contributed by atoms with Crippen LogP contribution in [0.2, 0.25) is 0 Å². The molecule has 1 aromatic carbocycles. The van der Waals surface area contributed by atoms with E-state index in [1.165, 1.54) is 24.8 Å². The number of hydrogen-bond donors (Lipinski definition) is 1. The lowest BCUT2D eigenvalue weighted by atomic mass is 9.49. The maximum absolute atomic E-state index is 13.0. The first-order chi connectivity index (χ1) is 11.1. The van der Waals surface area contributed by atoms with E-state index in [9.17, 15) is 4.79 Å². The Bertz CT molecular complexity index is 529. The highest BCUT2D eigenvalue weighted by Crippen LogP contribution is 2.60. The smallest absolute Gasteiger partial charge is 0.226 e. The van der Waals surface area contributed by atoms with Gasteiger partial charge in [-0.05, 0) is 81.6 Å². The first kappa shape index (κ1) is 15.2.